The van der Waals surface area contributed by atoms with Crippen LogP contribution in [0.2, 0.25) is 0 Å². The van der Waals surface area contributed by atoms with E-state index in [4.69, 9.17) is 9.47 Å². The second-order valence-electron chi connectivity index (χ2n) is 4.42. The van der Waals surface area contributed by atoms with Gasteiger partial charge in [-0.1, -0.05) is 31.2 Å². The van der Waals surface area contributed by atoms with E-state index in [0.717, 1.165) is 24.1 Å². The molecule has 0 saturated carbocycles. The van der Waals surface area contributed by atoms with Crippen LogP contribution in [0.25, 0.3) is 0 Å². The SMILES string of the molecule is CCCNC(CC(=O)OC)c1ccccc1COC. The van der Waals surface area contributed by atoms with Crippen molar-refractivity contribution in [2.75, 3.05) is 20.8 Å². The third-order valence-corrected chi connectivity index (χ3v) is 2.97. The molecule has 19 heavy (non-hydrogen) atoms. The van der Waals surface area contributed by atoms with Gasteiger partial charge in [-0.25, -0.2) is 0 Å². The summed E-state index contributed by atoms with van der Waals surface area (Å²) in [5.41, 5.74) is 2.20. The fourth-order valence-electron chi connectivity index (χ4n) is 2.02. The van der Waals surface area contributed by atoms with Crippen LogP contribution >= 0.6 is 0 Å². The normalized spacial score (nSPS) is 12.2. The highest BCUT2D eigenvalue weighted by Crippen LogP contribution is 2.22. The van der Waals surface area contributed by atoms with Crippen LogP contribution in [0.3, 0.4) is 0 Å². The van der Waals surface area contributed by atoms with Gasteiger partial charge in [-0.05, 0) is 24.1 Å². The Morgan fingerprint density at radius 3 is 2.68 bits per heavy atom. The lowest BCUT2D eigenvalue weighted by Gasteiger charge is -2.20. The van der Waals surface area contributed by atoms with E-state index < -0.39 is 0 Å². The average molecular weight is 265 g/mol. The zero-order valence-electron chi connectivity index (χ0n) is 11.9. The summed E-state index contributed by atoms with van der Waals surface area (Å²) < 4.78 is 9.98. The molecular formula is C15H23NO3. The van der Waals surface area contributed by atoms with E-state index in [9.17, 15) is 4.79 Å². The first-order chi connectivity index (χ1) is 9.22. The molecule has 0 aliphatic rings. The molecule has 0 radical (unpaired) electrons. The topological polar surface area (TPSA) is 47.6 Å². The van der Waals surface area contributed by atoms with Crippen LogP contribution in [-0.2, 0) is 20.9 Å². The predicted octanol–water partition coefficient (Wildman–Crippen LogP) is 2.44. The van der Waals surface area contributed by atoms with Crippen molar-refractivity contribution in [1.82, 2.24) is 5.32 Å². The molecule has 1 rings (SSSR count). The lowest BCUT2D eigenvalue weighted by molar-refractivity contribution is -0.141. The summed E-state index contributed by atoms with van der Waals surface area (Å²) in [4.78, 5) is 11.5. The Hall–Kier alpha value is -1.39. The summed E-state index contributed by atoms with van der Waals surface area (Å²) >= 11 is 0. The number of ether oxygens (including phenoxy) is 2. The van der Waals surface area contributed by atoms with E-state index in [1.807, 2.05) is 24.3 Å². The van der Waals surface area contributed by atoms with E-state index in [1.165, 1.54) is 7.11 Å². The van der Waals surface area contributed by atoms with Crippen molar-refractivity contribution < 1.29 is 14.3 Å². The van der Waals surface area contributed by atoms with Crippen molar-refractivity contribution in [3.8, 4) is 0 Å². The molecule has 0 aliphatic heterocycles. The van der Waals surface area contributed by atoms with Gasteiger partial charge in [0.2, 0.25) is 0 Å². The molecule has 1 unspecified atom stereocenters. The fourth-order valence-corrected chi connectivity index (χ4v) is 2.02. The molecule has 106 valence electrons. The summed E-state index contributed by atoms with van der Waals surface area (Å²) in [6.07, 6.45) is 1.35. The number of benzene rings is 1. The third kappa shape index (κ3) is 5.01. The first-order valence-corrected chi connectivity index (χ1v) is 6.59. The lowest BCUT2D eigenvalue weighted by atomic mass is 9.98. The van der Waals surface area contributed by atoms with Crippen LogP contribution in [0.15, 0.2) is 24.3 Å². The Kier molecular flexibility index (Phi) is 7.15. The van der Waals surface area contributed by atoms with Crippen LogP contribution in [0, 0.1) is 0 Å². The number of hydrogen-bond donors (Lipinski definition) is 1. The average Bonchev–Trinajstić information content (AvgIpc) is 2.44. The lowest BCUT2D eigenvalue weighted by Crippen LogP contribution is -2.26. The Bertz CT molecular complexity index is 393. The smallest absolute Gasteiger partial charge is 0.307 e. The molecule has 1 atom stereocenters. The molecule has 0 saturated heterocycles. The van der Waals surface area contributed by atoms with E-state index in [-0.39, 0.29) is 12.0 Å². The minimum atomic E-state index is -0.208. The number of methoxy groups -OCH3 is 2. The Morgan fingerprint density at radius 1 is 1.32 bits per heavy atom. The second-order valence-corrected chi connectivity index (χ2v) is 4.42. The number of carbonyl (C=O) groups excluding carboxylic acids is 1. The summed E-state index contributed by atoms with van der Waals surface area (Å²) in [5.74, 6) is -0.208. The monoisotopic (exact) mass is 265 g/mol. The van der Waals surface area contributed by atoms with Gasteiger partial charge in [0.1, 0.15) is 0 Å². The molecule has 4 heteroatoms. The van der Waals surface area contributed by atoms with Crippen molar-refractivity contribution in [2.24, 2.45) is 0 Å². The molecule has 0 aromatic heterocycles. The standard InChI is InChI=1S/C15H23NO3/c1-4-9-16-14(10-15(17)19-3)13-8-6-5-7-12(13)11-18-2/h5-8,14,16H,4,9-11H2,1-3H3. The Labute approximate surface area is 115 Å². The van der Waals surface area contributed by atoms with E-state index in [1.54, 1.807) is 7.11 Å². The van der Waals surface area contributed by atoms with Crippen molar-refractivity contribution in [3.63, 3.8) is 0 Å². The van der Waals surface area contributed by atoms with Gasteiger partial charge >= 0.3 is 5.97 Å². The van der Waals surface area contributed by atoms with Crippen LogP contribution in [0.4, 0.5) is 0 Å². The van der Waals surface area contributed by atoms with Gasteiger partial charge < -0.3 is 14.8 Å². The molecule has 0 amide bonds. The van der Waals surface area contributed by atoms with E-state index in [2.05, 4.69) is 12.2 Å². The summed E-state index contributed by atoms with van der Waals surface area (Å²) in [5, 5.41) is 3.39. The number of carbonyl (C=O) groups is 1. The molecule has 0 aliphatic carbocycles. The van der Waals surface area contributed by atoms with E-state index >= 15 is 0 Å². The highest BCUT2D eigenvalue weighted by Gasteiger charge is 2.18. The highest BCUT2D eigenvalue weighted by atomic mass is 16.5. The first kappa shape index (κ1) is 15.7. The second kappa shape index (κ2) is 8.67. The number of hydrogen-bond acceptors (Lipinski definition) is 4. The zero-order chi connectivity index (χ0) is 14.1. The molecule has 0 fully saturated rings. The highest BCUT2D eigenvalue weighted by molar-refractivity contribution is 5.70. The van der Waals surface area contributed by atoms with Gasteiger partial charge in [0, 0.05) is 13.2 Å². The number of esters is 1. The summed E-state index contributed by atoms with van der Waals surface area (Å²) in [6.45, 7) is 3.51. The maximum absolute atomic E-state index is 11.5. The van der Waals surface area contributed by atoms with Crippen LogP contribution in [0.5, 0.6) is 0 Å². The van der Waals surface area contributed by atoms with Gasteiger partial charge in [-0.15, -0.1) is 0 Å². The number of rotatable bonds is 8. The molecule has 1 aromatic carbocycles. The van der Waals surface area contributed by atoms with Crippen LogP contribution in [0.1, 0.15) is 36.9 Å². The van der Waals surface area contributed by atoms with Gasteiger partial charge in [0.05, 0.1) is 20.1 Å². The molecule has 0 spiro atoms. The molecular weight excluding hydrogens is 242 g/mol. The van der Waals surface area contributed by atoms with E-state index in [0.29, 0.717) is 13.0 Å². The molecule has 1 N–H and O–H groups in total. The Morgan fingerprint density at radius 2 is 2.05 bits per heavy atom. The molecule has 4 nitrogen and oxygen atoms in total. The third-order valence-electron chi connectivity index (χ3n) is 2.97. The first-order valence-electron chi connectivity index (χ1n) is 6.59. The fraction of sp³-hybridized carbons (Fsp3) is 0.533. The van der Waals surface area contributed by atoms with Crippen molar-refractivity contribution in [1.29, 1.82) is 0 Å². The van der Waals surface area contributed by atoms with Gasteiger partial charge in [0.15, 0.2) is 0 Å². The van der Waals surface area contributed by atoms with Crippen molar-refractivity contribution in [3.05, 3.63) is 35.4 Å². The van der Waals surface area contributed by atoms with Crippen LogP contribution in [-0.4, -0.2) is 26.7 Å². The minimum Gasteiger partial charge on any atom is -0.469 e. The van der Waals surface area contributed by atoms with Crippen molar-refractivity contribution >= 4 is 5.97 Å². The number of nitrogens with one attached hydrogen (secondary N) is 1. The van der Waals surface area contributed by atoms with Crippen LogP contribution < -0.4 is 5.32 Å². The Balaban J connectivity index is 2.91. The summed E-state index contributed by atoms with van der Waals surface area (Å²) in [6, 6.07) is 7.99. The van der Waals surface area contributed by atoms with Gasteiger partial charge in [-0.2, -0.15) is 0 Å². The zero-order valence-corrected chi connectivity index (χ0v) is 11.9. The quantitative estimate of drug-likeness (QED) is 0.733. The predicted molar refractivity (Wildman–Crippen MR) is 74.8 cm³/mol. The summed E-state index contributed by atoms with van der Waals surface area (Å²) in [7, 11) is 3.09. The largest absolute Gasteiger partial charge is 0.469 e. The molecule has 0 heterocycles. The van der Waals surface area contributed by atoms with Gasteiger partial charge in [-0.3, -0.25) is 4.79 Å². The molecule has 1 aromatic rings. The molecule has 0 bridgehead atoms. The minimum absolute atomic E-state index is 0.0289. The van der Waals surface area contributed by atoms with Gasteiger partial charge in [0.25, 0.3) is 0 Å². The maximum Gasteiger partial charge on any atom is 0.307 e. The maximum atomic E-state index is 11.5. The van der Waals surface area contributed by atoms with Crippen molar-refractivity contribution in [2.45, 2.75) is 32.4 Å².